The average molecular weight is 404 g/mol. The van der Waals surface area contributed by atoms with Gasteiger partial charge in [-0.25, -0.2) is 0 Å². The molecule has 2 aromatic rings. The molecule has 8 heteroatoms. The molecule has 1 aliphatic heterocycles. The lowest BCUT2D eigenvalue weighted by Crippen LogP contribution is -2.42. The molecule has 2 amide bonds. The first kappa shape index (κ1) is 20.5. The number of nitrogens with zero attached hydrogens (tertiary/aromatic N) is 3. The van der Waals surface area contributed by atoms with Gasteiger partial charge in [-0.3, -0.25) is 14.3 Å². The Balaban J connectivity index is 1.49. The van der Waals surface area contributed by atoms with Crippen LogP contribution in [0.25, 0.3) is 0 Å². The first-order valence-corrected chi connectivity index (χ1v) is 10.6. The molecule has 0 unspecified atom stereocenters. The van der Waals surface area contributed by atoms with E-state index >= 15 is 0 Å². The predicted molar refractivity (Wildman–Crippen MR) is 110 cm³/mol. The third-order valence-electron chi connectivity index (χ3n) is 5.30. The molecule has 3 rings (SSSR count). The highest BCUT2D eigenvalue weighted by molar-refractivity contribution is 7.12. The number of amides is 2. The van der Waals surface area contributed by atoms with Crippen LogP contribution in [0, 0.1) is 12.8 Å². The maximum atomic E-state index is 12.6. The van der Waals surface area contributed by atoms with Crippen molar-refractivity contribution in [3.63, 3.8) is 0 Å². The van der Waals surface area contributed by atoms with Crippen LogP contribution in [0.1, 0.15) is 33.8 Å². The Hall–Kier alpha value is -2.19. The smallest absolute Gasteiger partial charge is 0.261 e. The van der Waals surface area contributed by atoms with Gasteiger partial charge in [0.2, 0.25) is 5.91 Å². The monoisotopic (exact) mass is 403 g/mol. The molecule has 2 N–H and O–H groups in total. The van der Waals surface area contributed by atoms with Gasteiger partial charge in [0.05, 0.1) is 10.8 Å². The van der Waals surface area contributed by atoms with Crippen molar-refractivity contribution in [1.82, 2.24) is 25.3 Å². The fourth-order valence-electron chi connectivity index (χ4n) is 3.70. The number of rotatable bonds is 6. The van der Waals surface area contributed by atoms with Crippen molar-refractivity contribution in [3.8, 4) is 0 Å². The molecule has 3 heterocycles. The number of likely N-dealkylation sites (tertiary alicyclic amines) is 1. The number of carbonyl (C=O) groups excluding carboxylic acids is 2. The Morgan fingerprint density at radius 2 is 2.07 bits per heavy atom. The molecule has 1 fully saturated rings. The SMILES string of the molecule is Cc1ccsc1C(=O)N[C@H]1CC[C@@H](C(=O)NCCc2ccnn2C)CN(C)C1. The van der Waals surface area contributed by atoms with Crippen molar-refractivity contribution in [2.75, 3.05) is 26.7 Å². The largest absolute Gasteiger partial charge is 0.355 e. The van der Waals surface area contributed by atoms with Crippen LogP contribution in [0.5, 0.6) is 0 Å². The van der Waals surface area contributed by atoms with E-state index < -0.39 is 0 Å². The lowest BCUT2D eigenvalue weighted by Gasteiger charge is -2.21. The van der Waals surface area contributed by atoms with E-state index in [1.165, 1.54) is 11.3 Å². The molecule has 0 bridgehead atoms. The number of hydrogen-bond acceptors (Lipinski definition) is 5. The molecular formula is C20H29N5O2S. The zero-order valence-corrected chi connectivity index (χ0v) is 17.6. The van der Waals surface area contributed by atoms with E-state index in [1.54, 1.807) is 6.20 Å². The van der Waals surface area contributed by atoms with Crippen molar-refractivity contribution in [1.29, 1.82) is 0 Å². The van der Waals surface area contributed by atoms with Gasteiger partial charge in [-0.05, 0) is 49.9 Å². The minimum atomic E-state index is -0.0538. The highest BCUT2D eigenvalue weighted by Gasteiger charge is 2.28. The summed E-state index contributed by atoms with van der Waals surface area (Å²) in [6, 6.07) is 3.99. The van der Waals surface area contributed by atoms with Crippen LogP contribution in [0.15, 0.2) is 23.7 Å². The molecule has 0 aromatic carbocycles. The van der Waals surface area contributed by atoms with Gasteiger partial charge in [0.25, 0.3) is 5.91 Å². The van der Waals surface area contributed by atoms with Gasteiger partial charge in [0.1, 0.15) is 0 Å². The summed E-state index contributed by atoms with van der Waals surface area (Å²) in [5.41, 5.74) is 2.11. The van der Waals surface area contributed by atoms with Crippen LogP contribution in [0.4, 0.5) is 0 Å². The van der Waals surface area contributed by atoms with Gasteiger partial charge < -0.3 is 15.5 Å². The fraction of sp³-hybridized carbons (Fsp3) is 0.550. The van der Waals surface area contributed by atoms with Gasteiger partial charge in [0, 0.05) is 51.0 Å². The maximum Gasteiger partial charge on any atom is 0.261 e. The van der Waals surface area contributed by atoms with Crippen molar-refractivity contribution in [2.24, 2.45) is 13.0 Å². The first-order valence-electron chi connectivity index (χ1n) is 9.72. The molecule has 7 nitrogen and oxygen atoms in total. The van der Waals surface area contributed by atoms with E-state index in [0.717, 1.165) is 41.9 Å². The van der Waals surface area contributed by atoms with Crippen LogP contribution in [0.3, 0.4) is 0 Å². The van der Waals surface area contributed by atoms with E-state index in [-0.39, 0.29) is 23.8 Å². The molecule has 2 atom stereocenters. The van der Waals surface area contributed by atoms with Crippen LogP contribution < -0.4 is 10.6 Å². The molecule has 2 aromatic heterocycles. The number of likely N-dealkylation sites (N-methyl/N-ethyl adjacent to an activating group) is 1. The first-order chi connectivity index (χ1) is 13.4. The zero-order chi connectivity index (χ0) is 20.1. The Morgan fingerprint density at radius 3 is 2.75 bits per heavy atom. The highest BCUT2D eigenvalue weighted by atomic mass is 32.1. The van der Waals surface area contributed by atoms with Crippen molar-refractivity contribution in [2.45, 2.75) is 32.2 Å². The molecule has 0 saturated carbocycles. The van der Waals surface area contributed by atoms with Gasteiger partial charge in [-0.1, -0.05) is 0 Å². The van der Waals surface area contributed by atoms with Crippen molar-refractivity contribution < 1.29 is 9.59 Å². The number of thiophene rings is 1. The number of hydrogen-bond donors (Lipinski definition) is 2. The summed E-state index contributed by atoms with van der Waals surface area (Å²) in [4.78, 5) is 28.0. The Bertz CT molecular complexity index is 815. The van der Waals surface area contributed by atoms with Crippen LogP contribution in [-0.4, -0.2) is 59.2 Å². The summed E-state index contributed by atoms with van der Waals surface area (Å²) in [6.45, 7) is 4.03. The Labute approximate surface area is 170 Å². The van der Waals surface area contributed by atoms with E-state index in [0.29, 0.717) is 13.1 Å². The van der Waals surface area contributed by atoms with Gasteiger partial charge >= 0.3 is 0 Å². The van der Waals surface area contributed by atoms with E-state index in [4.69, 9.17) is 0 Å². The predicted octanol–water partition coefficient (Wildman–Crippen LogP) is 1.59. The fourth-order valence-corrected chi connectivity index (χ4v) is 4.53. The van der Waals surface area contributed by atoms with Crippen LogP contribution >= 0.6 is 11.3 Å². The molecule has 0 spiro atoms. The topological polar surface area (TPSA) is 79.3 Å². The minimum Gasteiger partial charge on any atom is -0.355 e. The number of aryl methyl sites for hydroxylation is 2. The lowest BCUT2D eigenvalue weighted by molar-refractivity contribution is -0.125. The minimum absolute atomic E-state index is 0.00928. The summed E-state index contributed by atoms with van der Waals surface area (Å²) in [6.07, 6.45) is 4.11. The molecule has 1 aliphatic rings. The highest BCUT2D eigenvalue weighted by Crippen LogP contribution is 2.19. The summed E-state index contributed by atoms with van der Waals surface area (Å²) in [5, 5.41) is 12.3. The third kappa shape index (κ3) is 5.20. The van der Waals surface area contributed by atoms with E-state index in [1.807, 2.05) is 43.2 Å². The quantitative estimate of drug-likeness (QED) is 0.768. The Morgan fingerprint density at radius 1 is 1.25 bits per heavy atom. The van der Waals surface area contributed by atoms with Gasteiger partial charge in [0.15, 0.2) is 0 Å². The van der Waals surface area contributed by atoms with Gasteiger partial charge in [-0.2, -0.15) is 5.10 Å². The molecule has 0 radical (unpaired) electrons. The number of aromatic nitrogens is 2. The average Bonchev–Trinajstić information content (AvgIpc) is 3.21. The summed E-state index contributed by atoms with van der Waals surface area (Å²) in [5.74, 6) is 0.0296. The molecule has 152 valence electrons. The molecule has 0 aliphatic carbocycles. The number of nitrogens with one attached hydrogen (secondary N) is 2. The third-order valence-corrected chi connectivity index (χ3v) is 6.32. The van der Waals surface area contributed by atoms with E-state index in [2.05, 4.69) is 20.6 Å². The summed E-state index contributed by atoms with van der Waals surface area (Å²) in [7, 11) is 3.92. The van der Waals surface area contributed by atoms with Crippen molar-refractivity contribution in [3.05, 3.63) is 39.8 Å². The zero-order valence-electron chi connectivity index (χ0n) is 16.8. The van der Waals surface area contributed by atoms with Crippen molar-refractivity contribution >= 4 is 23.2 Å². The summed E-state index contributed by atoms with van der Waals surface area (Å²) >= 11 is 1.47. The normalized spacial score (nSPS) is 20.5. The Kier molecular flexibility index (Phi) is 6.85. The standard InChI is InChI=1S/C20H29N5O2S/c1-14-8-11-28-18(14)20(27)23-16-5-4-15(12-24(2)13-16)19(26)21-9-6-17-7-10-22-25(17)3/h7-8,10-11,15-16H,4-6,9,12-13H2,1-3H3,(H,21,26)(H,23,27)/t15-,16+/m1/s1. The van der Waals surface area contributed by atoms with Crippen LogP contribution in [-0.2, 0) is 18.3 Å². The summed E-state index contributed by atoms with van der Waals surface area (Å²) < 4.78 is 1.83. The maximum absolute atomic E-state index is 12.6. The molecule has 28 heavy (non-hydrogen) atoms. The van der Waals surface area contributed by atoms with Gasteiger partial charge in [-0.15, -0.1) is 11.3 Å². The number of carbonyl (C=O) groups is 2. The van der Waals surface area contributed by atoms with E-state index in [9.17, 15) is 9.59 Å². The lowest BCUT2D eigenvalue weighted by atomic mass is 10.0. The van der Waals surface area contributed by atoms with Crippen LogP contribution in [0.2, 0.25) is 0 Å². The second kappa shape index (κ2) is 9.34. The molecular weight excluding hydrogens is 374 g/mol. The molecule has 1 saturated heterocycles. The second-order valence-electron chi connectivity index (χ2n) is 7.59. The second-order valence-corrected chi connectivity index (χ2v) is 8.50.